The van der Waals surface area contributed by atoms with Gasteiger partial charge in [0.2, 0.25) is 0 Å². The summed E-state index contributed by atoms with van der Waals surface area (Å²) in [7, 11) is 0. The molecule has 1 aliphatic heterocycles. The first-order chi connectivity index (χ1) is 5.70. The van der Waals surface area contributed by atoms with E-state index in [2.05, 4.69) is 9.47 Å². The van der Waals surface area contributed by atoms with Crippen molar-refractivity contribution in [3.8, 4) is 0 Å². The zero-order valence-electron chi connectivity index (χ0n) is 6.12. The molecule has 0 radical (unpaired) electrons. The topological polar surface area (TPSA) is 99.1 Å². The molecule has 12 heavy (non-hydrogen) atoms. The van der Waals surface area contributed by atoms with Crippen molar-refractivity contribution in [2.75, 3.05) is 6.61 Å². The van der Waals surface area contributed by atoms with Crippen LogP contribution in [-0.2, 0) is 14.3 Å². The van der Waals surface area contributed by atoms with Gasteiger partial charge < -0.3 is 24.8 Å². The van der Waals surface area contributed by atoms with E-state index in [4.69, 9.17) is 10.2 Å². The Morgan fingerprint density at radius 2 is 2.33 bits per heavy atom. The van der Waals surface area contributed by atoms with E-state index in [1.165, 1.54) is 0 Å². The second kappa shape index (κ2) is 3.81. The maximum atomic E-state index is 10.7. The van der Waals surface area contributed by atoms with Gasteiger partial charge in [-0.1, -0.05) is 0 Å². The Morgan fingerprint density at radius 3 is 2.83 bits per heavy atom. The number of hydrogen-bond donors (Lipinski definition) is 2. The third-order valence-electron chi connectivity index (χ3n) is 1.68. The third-order valence-corrected chi connectivity index (χ3v) is 1.68. The summed E-state index contributed by atoms with van der Waals surface area (Å²) in [5, 5.41) is 28.4. The molecule has 6 heteroatoms. The molecular formula is C6H9O6-. The van der Waals surface area contributed by atoms with Crippen molar-refractivity contribution in [2.24, 2.45) is 0 Å². The second-order valence-electron chi connectivity index (χ2n) is 2.41. The smallest absolute Gasteiger partial charge is 0.293 e. The predicted octanol–water partition coefficient (Wildman–Crippen LogP) is -3.03. The van der Waals surface area contributed by atoms with Crippen molar-refractivity contribution >= 4 is 6.47 Å². The van der Waals surface area contributed by atoms with Crippen LogP contribution in [0, 0.1) is 0 Å². The molecule has 0 spiro atoms. The molecule has 1 fully saturated rings. The van der Waals surface area contributed by atoms with Crippen LogP contribution in [0.3, 0.4) is 0 Å². The number of hydrogen-bond acceptors (Lipinski definition) is 6. The lowest BCUT2D eigenvalue weighted by molar-refractivity contribution is -0.498. The van der Waals surface area contributed by atoms with E-state index in [1.54, 1.807) is 0 Å². The van der Waals surface area contributed by atoms with Crippen molar-refractivity contribution in [1.29, 1.82) is 0 Å². The summed E-state index contributed by atoms with van der Waals surface area (Å²) in [6.07, 6.45) is -5.05. The predicted molar refractivity (Wildman–Crippen MR) is 32.7 cm³/mol. The highest BCUT2D eigenvalue weighted by Gasteiger charge is 2.39. The Morgan fingerprint density at radius 1 is 1.67 bits per heavy atom. The summed E-state index contributed by atoms with van der Waals surface area (Å²) in [5.74, 6) is 0. The standard InChI is InChI=1S/C6H9O6/c7-1-3-5(11-2-8)4(9)6(10)12-3/h2-7,9H,1H2/q-1. The monoisotopic (exact) mass is 177 g/mol. The third kappa shape index (κ3) is 1.56. The highest BCUT2D eigenvalue weighted by atomic mass is 16.7. The summed E-state index contributed by atoms with van der Waals surface area (Å²) in [5.41, 5.74) is 0. The minimum atomic E-state index is -1.66. The zero-order chi connectivity index (χ0) is 9.14. The molecule has 1 saturated heterocycles. The van der Waals surface area contributed by atoms with E-state index in [1.807, 2.05) is 0 Å². The fraction of sp³-hybridized carbons (Fsp3) is 0.833. The lowest BCUT2D eigenvalue weighted by Crippen LogP contribution is -2.40. The van der Waals surface area contributed by atoms with Crippen LogP contribution in [0.1, 0.15) is 0 Å². The summed E-state index contributed by atoms with van der Waals surface area (Å²) in [6, 6.07) is 0. The molecule has 0 amide bonds. The van der Waals surface area contributed by atoms with Gasteiger partial charge in [0.25, 0.3) is 6.47 Å². The quantitative estimate of drug-likeness (QED) is 0.445. The molecule has 0 aromatic heterocycles. The maximum Gasteiger partial charge on any atom is 0.293 e. The van der Waals surface area contributed by atoms with E-state index >= 15 is 0 Å². The van der Waals surface area contributed by atoms with E-state index in [9.17, 15) is 9.90 Å². The SMILES string of the molecule is O=COC1C(CO)OC([O-])C1O. The van der Waals surface area contributed by atoms with E-state index in [0.29, 0.717) is 0 Å². The van der Waals surface area contributed by atoms with Gasteiger partial charge in [0.1, 0.15) is 12.2 Å². The van der Waals surface area contributed by atoms with Crippen molar-refractivity contribution in [3.05, 3.63) is 0 Å². The number of rotatable bonds is 3. The molecule has 4 atom stereocenters. The van der Waals surface area contributed by atoms with Crippen LogP contribution in [0.4, 0.5) is 0 Å². The largest absolute Gasteiger partial charge is 0.829 e. The Balaban J connectivity index is 2.59. The van der Waals surface area contributed by atoms with Gasteiger partial charge in [-0.3, -0.25) is 4.79 Å². The molecule has 1 aliphatic rings. The van der Waals surface area contributed by atoms with Gasteiger partial charge >= 0.3 is 0 Å². The average molecular weight is 177 g/mol. The van der Waals surface area contributed by atoms with Gasteiger partial charge in [0, 0.05) is 6.29 Å². The molecule has 0 saturated carbocycles. The lowest BCUT2D eigenvalue weighted by Gasteiger charge is -2.19. The Bertz CT molecular complexity index is 160. The summed E-state index contributed by atoms with van der Waals surface area (Å²) in [6.45, 7) is -0.355. The minimum absolute atomic E-state index is 0.109. The van der Waals surface area contributed by atoms with Crippen LogP contribution in [0.2, 0.25) is 0 Å². The van der Waals surface area contributed by atoms with E-state index < -0.39 is 31.2 Å². The normalized spacial score (nSPS) is 41.2. The Hall–Kier alpha value is -0.690. The first-order valence-corrected chi connectivity index (χ1v) is 3.40. The van der Waals surface area contributed by atoms with Crippen LogP contribution in [0.25, 0.3) is 0 Å². The number of carbonyl (C=O) groups excluding carboxylic acids is 1. The van der Waals surface area contributed by atoms with Crippen LogP contribution < -0.4 is 5.11 Å². The van der Waals surface area contributed by atoms with Crippen LogP contribution in [0.15, 0.2) is 0 Å². The molecule has 0 aromatic carbocycles. The van der Waals surface area contributed by atoms with Gasteiger partial charge in [0.15, 0.2) is 6.10 Å². The van der Waals surface area contributed by atoms with Crippen LogP contribution >= 0.6 is 0 Å². The van der Waals surface area contributed by atoms with Crippen molar-refractivity contribution in [1.82, 2.24) is 0 Å². The van der Waals surface area contributed by atoms with Crippen molar-refractivity contribution < 1.29 is 29.6 Å². The zero-order valence-corrected chi connectivity index (χ0v) is 6.12. The van der Waals surface area contributed by atoms with Crippen LogP contribution in [0.5, 0.6) is 0 Å². The number of aliphatic hydroxyl groups is 2. The summed E-state index contributed by atoms with van der Waals surface area (Å²) in [4.78, 5) is 9.90. The number of carbonyl (C=O) groups is 1. The number of aliphatic hydroxyl groups excluding tert-OH is 2. The second-order valence-corrected chi connectivity index (χ2v) is 2.41. The first-order valence-electron chi connectivity index (χ1n) is 3.40. The molecule has 4 unspecified atom stereocenters. The highest BCUT2D eigenvalue weighted by Crippen LogP contribution is 2.19. The molecule has 0 aliphatic carbocycles. The van der Waals surface area contributed by atoms with Crippen LogP contribution in [-0.4, -0.2) is 47.9 Å². The van der Waals surface area contributed by atoms with Gasteiger partial charge in [-0.05, 0) is 0 Å². The molecule has 6 nitrogen and oxygen atoms in total. The fourth-order valence-electron chi connectivity index (χ4n) is 1.08. The van der Waals surface area contributed by atoms with Gasteiger partial charge in [-0.2, -0.15) is 0 Å². The Kier molecular flexibility index (Phi) is 2.99. The molecule has 1 rings (SSSR count). The van der Waals surface area contributed by atoms with E-state index in [-0.39, 0.29) is 6.47 Å². The molecule has 2 N–H and O–H groups in total. The average Bonchev–Trinajstić information content (AvgIpc) is 2.33. The molecular weight excluding hydrogens is 168 g/mol. The summed E-state index contributed by atoms with van der Waals surface area (Å²) >= 11 is 0. The highest BCUT2D eigenvalue weighted by molar-refractivity contribution is 5.38. The van der Waals surface area contributed by atoms with Crippen molar-refractivity contribution in [2.45, 2.75) is 24.6 Å². The van der Waals surface area contributed by atoms with Crippen molar-refractivity contribution in [3.63, 3.8) is 0 Å². The molecule has 0 bridgehead atoms. The number of ether oxygens (including phenoxy) is 2. The Labute approximate surface area is 68.3 Å². The molecule has 70 valence electrons. The van der Waals surface area contributed by atoms with Gasteiger partial charge in [-0.25, -0.2) is 0 Å². The summed E-state index contributed by atoms with van der Waals surface area (Å²) < 4.78 is 8.92. The van der Waals surface area contributed by atoms with Gasteiger partial charge in [-0.15, -0.1) is 0 Å². The molecule has 0 aromatic rings. The molecule has 1 heterocycles. The van der Waals surface area contributed by atoms with Gasteiger partial charge in [0.05, 0.1) is 6.61 Å². The van der Waals surface area contributed by atoms with E-state index in [0.717, 1.165) is 0 Å². The maximum absolute atomic E-state index is 10.7. The minimum Gasteiger partial charge on any atom is -0.829 e. The lowest BCUT2D eigenvalue weighted by atomic mass is 10.1. The fourth-order valence-corrected chi connectivity index (χ4v) is 1.08. The first kappa shape index (κ1) is 9.40.